The first-order chi connectivity index (χ1) is 18.5. The normalized spacial score (nSPS) is 38.5. The van der Waals surface area contributed by atoms with Crippen LogP contribution in [-0.4, -0.2) is 115 Å². The van der Waals surface area contributed by atoms with Crippen LogP contribution < -0.4 is 32.3 Å². The van der Waals surface area contributed by atoms with Gasteiger partial charge in [-0.3, -0.25) is 16.0 Å². The van der Waals surface area contributed by atoms with Crippen LogP contribution in [0.4, 0.5) is 4.79 Å². The van der Waals surface area contributed by atoms with Crippen LogP contribution in [0.5, 0.6) is 0 Å². The van der Waals surface area contributed by atoms with Crippen molar-refractivity contribution in [1.82, 2.24) is 36.4 Å². The molecule has 4 aliphatic rings. The Morgan fingerprint density at radius 2 is 1.87 bits per heavy atom. The Morgan fingerprint density at radius 3 is 2.54 bits per heavy atom. The van der Waals surface area contributed by atoms with Crippen LogP contribution in [0.3, 0.4) is 0 Å². The summed E-state index contributed by atoms with van der Waals surface area (Å²) in [6.07, 6.45) is 2.65. The second kappa shape index (κ2) is 13.3. The zero-order valence-electron chi connectivity index (χ0n) is 24.5. The van der Waals surface area contributed by atoms with Gasteiger partial charge in [0.05, 0.1) is 25.0 Å². The highest BCUT2D eigenvalue weighted by atomic mass is 16.6. The minimum Gasteiger partial charge on any atom is -0.387 e. The number of nitrogens with one attached hydrogen (secondary N) is 5. The van der Waals surface area contributed by atoms with Crippen LogP contribution in [0.1, 0.15) is 66.2 Å². The van der Waals surface area contributed by atoms with Crippen LogP contribution in [0.2, 0.25) is 0 Å². The first-order valence-electron chi connectivity index (χ1n) is 15.0. The molecular weight excluding hydrogens is 500 g/mol. The number of rotatable bonds is 9. The molecule has 12 nitrogen and oxygen atoms in total. The van der Waals surface area contributed by atoms with Gasteiger partial charge in [0.1, 0.15) is 24.5 Å². The number of aliphatic hydroxyl groups is 2. The van der Waals surface area contributed by atoms with Crippen molar-refractivity contribution in [1.29, 1.82) is 0 Å². The van der Waals surface area contributed by atoms with Gasteiger partial charge in [0.15, 0.2) is 0 Å². The number of nitrogens with two attached hydrogens (primary N) is 1. The van der Waals surface area contributed by atoms with Crippen molar-refractivity contribution in [3.05, 3.63) is 0 Å². The first-order valence-corrected chi connectivity index (χ1v) is 15.0. The van der Waals surface area contributed by atoms with Crippen LogP contribution in [0.25, 0.3) is 0 Å². The second-order valence-electron chi connectivity index (χ2n) is 13.2. The summed E-state index contributed by atoms with van der Waals surface area (Å²) in [6.45, 7) is 11.3. The van der Waals surface area contributed by atoms with E-state index < -0.39 is 24.5 Å². The van der Waals surface area contributed by atoms with Crippen molar-refractivity contribution in [2.24, 2.45) is 17.1 Å². The lowest BCUT2D eigenvalue weighted by atomic mass is 9.71. The molecule has 0 aromatic carbocycles. The van der Waals surface area contributed by atoms with Crippen LogP contribution in [-0.2, 0) is 4.74 Å². The average Bonchev–Trinajstić information content (AvgIpc) is 3.43. The Labute approximate surface area is 234 Å². The van der Waals surface area contributed by atoms with E-state index in [0.717, 1.165) is 51.0 Å². The van der Waals surface area contributed by atoms with Crippen LogP contribution in [0, 0.1) is 11.3 Å². The standard InChI is InChI=1S/C27H54N8O4/c1-6-17(32-26(38)33-18-9-7-16(8-10-18)27(2,3)4)11-12-34(5)13-19-21(36)22(37)25(39-19)35-15-31-20-23(28)29-14-30-24(20)35/h16-25,29-31,36-37H,6-15,28H2,1-5H3,(H2,32,33,38)/t16?,17-,18?,19?,20?,21-,22-,23?,24?,25?/m1/s1. The van der Waals surface area contributed by atoms with Crippen molar-refractivity contribution < 1.29 is 19.7 Å². The van der Waals surface area contributed by atoms with Crippen molar-refractivity contribution in [3.8, 4) is 0 Å². The lowest BCUT2D eigenvalue weighted by Crippen LogP contribution is -2.68. The highest BCUT2D eigenvalue weighted by Gasteiger charge is 2.51. The third kappa shape index (κ3) is 7.60. The van der Waals surface area contributed by atoms with Gasteiger partial charge in [-0.25, -0.2) is 9.69 Å². The predicted molar refractivity (Wildman–Crippen MR) is 150 cm³/mol. The van der Waals surface area contributed by atoms with E-state index in [1.165, 1.54) is 0 Å². The number of likely N-dealkylation sites (N-methyl/N-ethyl adjacent to an activating group) is 1. The van der Waals surface area contributed by atoms with Gasteiger partial charge in [-0.2, -0.15) is 0 Å². The molecule has 0 aromatic heterocycles. The molecule has 0 radical (unpaired) electrons. The van der Waals surface area contributed by atoms with Gasteiger partial charge in [0, 0.05) is 25.3 Å². The highest BCUT2D eigenvalue weighted by molar-refractivity contribution is 5.74. The Balaban J connectivity index is 1.18. The summed E-state index contributed by atoms with van der Waals surface area (Å²) >= 11 is 0. The number of amides is 2. The number of hydrogen-bond donors (Lipinski definition) is 8. The number of carbonyl (C=O) groups excluding carboxylic acids is 1. The molecule has 9 N–H and O–H groups in total. The fraction of sp³-hybridized carbons (Fsp3) is 0.963. The Morgan fingerprint density at radius 1 is 1.15 bits per heavy atom. The molecule has 3 aliphatic heterocycles. The monoisotopic (exact) mass is 554 g/mol. The topological polar surface area (TPSA) is 159 Å². The smallest absolute Gasteiger partial charge is 0.315 e. The van der Waals surface area contributed by atoms with Crippen molar-refractivity contribution in [2.45, 2.75) is 121 Å². The first kappa shape index (κ1) is 30.9. The fourth-order valence-corrected chi connectivity index (χ4v) is 6.67. The second-order valence-corrected chi connectivity index (χ2v) is 13.2. The Bertz CT molecular complexity index is 792. The molecule has 39 heavy (non-hydrogen) atoms. The number of nitrogens with zero attached hydrogens (tertiary/aromatic N) is 2. The maximum Gasteiger partial charge on any atom is 0.315 e. The summed E-state index contributed by atoms with van der Waals surface area (Å²) in [5.41, 5.74) is 6.50. The summed E-state index contributed by atoms with van der Waals surface area (Å²) < 4.78 is 6.20. The number of urea groups is 1. The molecule has 8 atom stereocenters. The lowest BCUT2D eigenvalue weighted by Gasteiger charge is -2.38. The van der Waals surface area contributed by atoms with Crippen molar-refractivity contribution >= 4 is 6.03 Å². The largest absolute Gasteiger partial charge is 0.387 e. The van der Waals surface area contributed by atoms with E-state index in [2.05, 4.69) is 59.2 Å². The predicted octanol–water partition coefficient (Wildman–Crippen LogP) is -0.570. The summed E-state index contributed by atoms with van der Waals surface area (Å²) in [5.74, 6) is 0.722. The summed E-state index contributed by atoms with van der Waals surface area (Å²) in [5, 5.41) is 37.8. The summed E-state index contributed by atoms with van der Waals surface area (Å²) in [4.78, 5) is 16.8. The van der Waals surface area contributed by atoms with E-state index in [1.807, 2.05) is 11.9 Å². The Hall–Kier alpha value is -1.09. The average molecular weight is 555 g/mol. The number of hydrogen-bond acceptors (Lipinski definition) is 10. The minimum absolute atomic E-state index is 0.0115. The molecule has 1 saturated carbocycles. The molecule has 2 amide bonds. The minimum atomic E-state index is -1.01. The number of fused-ring (bicyclic) bond motifs is 1. The third-order valence-electron chi connectivity index (χ3n) is 9.37. The van der Waals surface area contributed by atoms with Gasteiger partial charge in [-0.1, -0.05) is 27.7 Å². The summed E-state index contributed by atoms with van der Waals surface area (Å²) in [7, 11) is 1.98. The molecule has 1 aliphatic carbocycles. The summed E-state index contributed by atoms with van der Waals surface area (Å²) in [6, 6.07) is 0.227. The Kier molecular flexibility index (Phi) is 10.5. The van der Waals surface area contributed by atoms with Gasteiger partial charge in [-0.05, 0) is 63.5 Å². The molecule has 4 fully saturated rings. The zero-order valence-corrected chi connectivity index (χ0v) is 24.5. The van der Waals surface area contributed by atoms with E-state index in [4.69, 9.17) is 10.5 Å². The van der Waals surface area contributed by atoms with Gasteiger partial charge >= 0.3 is 6.03 Å². The molecular formula is C27H54N8O4. The molecule has 0 spiro atoms. The van der Waals surface area contributed by atoms with Crippen LogP contribution in [0.15, 0.2) is 0 Å². The van der Waals surface area contributed by atoms with E-state index in [1.54, 1.807) is 0 Å². The number of aliphatic hydroxyl groups excluding tert-OH is 2. The van der Waals surface area contributed by atoms with E-state index in [-0.39, 0.29) is 36.5 Å². The van der Waals surface area contributed by atoms with E-state index >= 15 is 0 Å². The molecule has 0 aromatic rings. The maximum absolute atomic E-state index is 12.7. The molecule has 5 unspecified atom stereocenters. The van der Waals surface area contributed by atoms with Gasteiger partial charge in [0.2, 0.25) is 0 Å². The molecule has 3 saturated heterocycles. The van der Waals surface area contributed by atoms with Gasteiger partial charge in [0.25, 0.3) is 0 Å². The number of ether oxygens (including phenoxy) is 1. The third-order valence-corrected chi connectivity index (χ3v) is 9.37. The van der Waals surface area contributed by atoms with E-state index in [9.17, 15) is 15.0 Å². The molecule has 3 heterocycles. The maximum atomic E-state index is 12.7. The van der Waals surface area contributed by atoms with Gasteiger partial charge < -0.3 is 36.2 Å². The molecule has 12 heteroatoms. The fourth-order valence-electron chi connectivity index (χ4n) is 6.67. The lowest BCUT2D eigenvalue weighted by molar-refractivity contribution is -0.106. The molecule has 226 valence electrons. The van der Waals surface area contributed by atoms with Crippen LogP contribution >= 0.6 is 0 Å². The molecule has 0 bridgehead atoms. The van der Waals surface area contributed by atoms with E-state index in [0.29, 0.717) is 25.3 Å². The van der Waals surface area contributed by atoms with Crippen molar-refractivity contribution in [2.75, 3.05) is 33.5 Å². The quantitative estimate of drug-likeness (QED) is 0.185. The molecule has 4 rings (SSSR count). The SMILES string of the molecule is CC[C@H](CCN(C)CC1OC(N2CNC3C(N)NCNC32)[C@H](O)[C@@H]1O)NC(=O)NC1CCC(C(C)(C)C)CC1. The zero-order chi connectivity index (χ0) is 28.3. The number of carbonyl (C=O) groups is 1. The van der Waals surface area contributed by atoms with Gasteiger partial charge in [-0.15, -0.1) is 0 Å². The highest BCUT2D eigenvalue weighted by Crippen LogP contribution is 2.37. The van der Waals surface area contributed by atoms with Crippen molar-refractivity contribution in [3.63, 3.8) is 0 Å².